The van der Waals surface area contributed by atoms with E-state index in [2.05, 4.69) is 91.2 Å². The SMILES string of the molecule is CC.CC.CCc1cc(N2CCc3ccccc3C2C)nc(Nc2ccc(C)cc2C)n1.COCCl. The number of ether oxygens (including phenoxy) is 1. The maximum atomic E-state index is 4.96. The van der Waals surface area contributed by atoms with Gasteiger partial charge >= 0.3 is 0 Å². The van der Waals surface area contributed by atoms with E-state index in [0.29, 0.717) is 18.1 Å². The van der Waals surface area contributed by atoms with E-state index in [1.165, 1.54) is 22.3 Å². The minimum absolute atomic E-state index is 0.292. The van der Waals surface area contributed by atoms with Crippen molar-refractivity contribution in [2.75, 3.05) is 29.9 Å². The van der Waals surface area contributed by atoms with Gasteiger partial charge in [-0.25, -0.2) is 4.98 Å². The van der Waals surface area contributed by atoms with Gasteiger partial charge in [0, 0.05) is 31.1 Å². The van der Waals surface area contributed by atoms with Gasteiger partial charge in [-0.05, 0) is 56.4 Å². The molecule has 0 spiro atoms. The molecule has 5 nitrogen and oxygen atoms in total. The molecule has 0 aliphatic carbocycles. The van der Waals surface area contributed by atoms with Gasteiger partial charge in [0.25, 0.3) is 0 Å². The van der Waals surface area contributed by atoms with Gasteiger partial charge in [0.05, 0.1) is 6.04 Å². The van der Waals surface area contributed by atoms with Crippen LogP contribution in [0.25, 0.3) is 0 Å². The molecule has 1 aromatic heterocycles. The Balaban J connectivity index is 0.000000725. The lowest BCUT2D eigenvalue weighted by Crippen LogP contribution is -2.34. The predicted octanol–water partition coefficient (Wildman–Crippen LogP) is 8.40. The highest BCUT2D eigenvalue weighted by molar-refractivity contribution is 6.17. The number of methoxy groups -OCH3 is 1. The minimum Gasteiger partial charge on any atom is -0.369 e. The third kappa shape index (κ3) is 8.79. The van der Waals surface area contributed by atoms with Crippen LogP contribution in [0.4, 0.5) is 17.5 Å². The van der Waals surface area contributed by atoms with Crippen LogP contribution in [0.1, 0.15) is 75.5 Å². The second-order valence-corrected chi connectivity index (χ2v) is 8.27. The molecule has 1 aliphatic heterocycles. The second kappa shape index (κ2) is 16.9. The molecule has 0 saturated carbocycles. The molecule has 2 heterocycles. The molecule has 36 heavy (non-hydrogen) atoms. The van der Waals surface area contributed by atoms with E-state index in [0.717, 1.165) is 36.6 Å². The molecule has 4 rings (SSSR count). The van der Waals surface area contributed by atoms with Gasteiger partial charge < -0.3 is 15.0 Å². The molecule has 1 atom stereocenters. The molecule has 0 saturated heterocycles. The zero-order valence-electron chi connectivity index (χ0n) is 23.7. The first-order valence-electron chi connectivity index (χ1n) is 13.1. The zero-order chi connectivity index (χ0) is 27.1. The van der Waals surface area contributed by atoms with E-state index in [1.807, 2.05) is 27.7 Å². The maximum Gasteiger partial charge on any atom is 0.229 e. The first-order chi connectivity index (χ1) is 17.5. The van der Waals surface area contributed by atoms with E-state index in [9.17, 15) is 0 Å². The van der Waals surface area contributed by atoms with E-state index in [-0.39, 0.29) is 0 Å². The van der Waals surface area contributed by atoms with Crippen LogP contribution < -0.4 is 10.2 Å². The Bertz CT molecular complexity index is 1040. The minimum atomic E-state index is 0.292. The third-order valence-electron chi connectivity index (χ3n) is 5.75. The summed E-state index contributed by atoms with van der Waals surface area (Å²) >= 11 is 4.96. The quantitative estimate of drug-likeness (QED) is 0.348. The first-order valence-corrected chi connectivity index (χ1v) is 13.6. The van der Waals surface area contributed by atoms with Crippen molar-refractivity contribution in [3.05, 3.63) is 76.5 Å². The number of aryl methyl sites for hydroxylation is 3. The lowest BCUT2D eigenvalue weighted by Gasteiger charge is -2.36. The second-order valence-electron chi connectivity index (χ2n) is 8.05. The van der Waals surface area contributed by atoms with Gasteiger partial charge in [-0.15, -0.1) is 0 Å². The lowest BCUT2D eigenvalue weighted by molar-refractivity contribution is 0.254. The molecular weight excluding hydrogens is 468 g/mol. The number of anilines is 3. The van der Waals surface area contributed by atoms with Crippen LogP contribution in [0.5, 0.6) is 0 Å². The highest BCUT2D eigenvalue weighted by Crippen LogP contribution is 2.33. The molecule has 1 aliphatic rings. The summed E-state index contributed by atoms with van der Waals surface area (Å²) < 4.78 is 4.31. The number of halogens is 1. The number of hydrogen-bond donors (Lipinski definition) is 1. The third-order valence-corrected chi connectivity index (χ3v) is 5.97. The summed E-state index contributed by atoms with van der Waals surface area (Å²) in [6, 6.07) is 17.9. The van der Waals surface area contributed by atoms with Crippen LogP contribution in [-0.2, 0) is 17.6 Å². The fraction of sp³-hybridized carbons (Fsp3) is 0.467. The van der Waals surface area contributed by atoms with Crippen molar-refractivity contribution in [2.24, 2.45) is 0 Å². The number of aromatic nitrogens is 2. The lowest BCUT2D eigenvalue weighted by atomic mass is 9.93. The Hall–Kier alpha value is -2.63. The summed E-state index contributed by atoms with van der Waals surface area (Å²) in [4.78, 5) is 12.0. The van der Waals surface area contributed by atoms with E-state index >= 15 is 0 Å². The van der Waals surface area contributed by atoms with E-state index in [1.54, 1.807) is 7.11 Å². The number of nitrogens with zero attached hydrogens (tertiary/aromatic N) is 3. The maximum absolute atomic E-state index is 4.96. The van der Waals surface area contributed by atoms with E-state index in [4.69, 9.17) is 21.6 Å². The van der Waals surface area contributed by atoms with Gasteiger partial charge in [-0.3, -0.25) is 0 Å². The summed E-state index contributed by atoms with van der Waals surface area (Å²) in [5, 5.41) is 3.44. The highest BCUT2D eigenvalue weighted by Gasteiger charge is 2.25. The number of nitrogens with one attached hydrogen (secondary N) is 1. The standard InChI is InChI=1S/C24H28N4.C2H5ClO.2C2H6/c1-5-20-15-23(28-13-12-19-8-6-7-9-21(19)18(28)4)27-24(25-20)26-22-11-10-16(2)14-17(22)3;1-4-2-3;2*1-2/h6-11,14-15,18H,5,12-13H2,1-4H3,(H,25,26,27);2H2,1H3;2*1-2H3. The van der Waals surface area contributed by atoms with Crippen LogP contribution in [0.15, 0.2) is 48.5 Å². The van der Waals surface area contributed by atoms with Crippen molar-refractivity contribution < 1.29 is 4.74 Å². The van der Waals surface area contributed by atoms with Crippen LogP contribution in [0.2, 0.25) is 0 Å². The Morgan fingerprint density at radius 2 is 1.69 bits per heavy atom. The monoisotopic (exact) mass is 512 g/mol. The predicted molar refractivity (Wildman–Crippen MR) is 157 cm³/mol. The Morgan fingerprint density at radius 3 is 2.31 bits per heavy atom. The summed E-state index contributed by atoms with van der Waals surface area (Å²) in [6.07, 6.45) is 1.93. The fourth-order valence-electron chi connectivity index (χ4n) is 4.03. The molecular formula is C30H45ClN4O. The van der Waals surface area contributed by atoms with Crippen molar-refractivity contribution in [3.8, 4) is 0 Å². The summed E-state index contributed by atoms with van der Waals surface area (Å²) in [7, 11) is 1.55. The molecule has 0 bridgehead atoms. The first kappa shape index (κ1) is 31.4. The zero-order valence-corrected chi connectivity index (χ0v) is 24.4. The summed E-state index contributed by atoms with van der Waals surface area (Å²) in [6.45, 7) is 17.6. The summed E-state index contributed by atoms with van der Waals surface area (Å²) in [5.74, 6) is 1.67. The average molecular weight is 513 g/mol. The highest BCUT2D eigenvalue weighted by atomic mass is 35.5. The number of rotatable bonds is 5. The Labute approximate surface area is 224 Å². The van der Waals surface area contributed by atoms with Crippen LogP contribution in [-0.4, -0.2) is 29.7 Å². The molecule has 0 amide bonds. The van der Waals surface area contributed by atoms with Crippen LogP contribution in [0, 0.1) is 13.8 Å². The number of benzene rings is 2. The van der Waals surface area contributed by atoms with Gasteiger partial charge in [0.1, 0.15) is 11.9 Å². The Morgan fingerprint density at radius 1 is 1.03 bits per heavy atom. The number of hydrogen-bond acceptors (Lipinski definition) is 5. The van der Waals surface area contributed by atoms with Gasteiger partial charge in [-0.2, -0.15) is 4.98 Å². The molecule has 3 aromatic rings. The van der Waals surface area contributed by atoms with Crippen molar-refractivity contribution in [1.29, 1.82) is 0 Å². The molecule has 0 radical (unpaired) electrons. The van der Waals surface area contributed by atoms with Crippen molar-refractivity contribution >= 4 is 29.1 Å². The topological polar surface area (TPSA) is 50.3 Å². The van der Waals surface area contributed by atoms with Crippen LogP contribution >= 0.6 is 11.6 Å². The molecule has 1 unspecified atom stereocenters. The molecule has 198 valence electrons. The van der Waals surface area contributed by atoms with E-state index < -0.39 is 0 Å². The van der Waals surface area contributed by atoms with Gasteiger partial charge in [0.2, 0.25) is 5.95 Å². The molecule has 6 heteroatoms. The number of fused-ring (bicyclic) bond motifs is 1. The fourth-order valence-corrected chi connectivity index (χ4v) is 4.03. The van der Waals surface area contributed by atoms with Gasteiger partial charge in [0.15, 0.2) is 0 Å². The van der Waals surface area contributed by atoms with Crippen LogP contribution in [0.3, 0.4) is 0 Å². The normalized spacial score (nSPS) is 13.6. The Kier molecular flexibility index (Phi) is 14.8. The smallest absolute Gasteiger partial charge is 0.229 e. The summed E-state index contributed by atoms with van der Waals surface area (Å²) in [5.41, 5.74) is 7.42. The van der Waals surface area contributed by atoms with Gasteiger partial charge in [-0.1, -0.05) is 88.2 Å². The van der Waals surface area contributed by atoms with Crippen molar-refractivity contribution in [3.63, 3.8) is 0 Å². The van der Waals surface area contributed by atoms with Crippen molar-refractivity contribution in [2.45, 2.75) is 74.3 Å². The molecule has 0 fully saturated rings. The van der Waals surface area contributed by atoms with Crippen molar-refractivity contribution in [1.82, 2.24) is 9.97 Å². The number of alkyl halides is 1. The average Bonchev–Trinajstić information content (AvgIpc) is 2.93. The molecule has 1 N–H and O–H groups in total. The largest absolute Gasteiger partial charge is 0.369 e. The molecule has 2 aromatic carbocycles.